The zero-order valence-electron chi connectivity index (χ0n) is 15.6. The fourth-order valence-corrected chi connectivity index (χ4v) is 3.44. The van der Waals surface area contributed by atoms with Gasteiger partial charge in [0.05, 0.1) is 17.8 Å². The lowest BCUT2D eigenvalue weighted by molar-refractivity contribution is -0.153. The Kier molecular flexibility index (Phi) is 6.53. The van der Waals surface area contributed by atoms with Crippen LogP contribution in [0.2, 0.25) is 0 Å². The summed E-state index contributed by atoms with van der Waals surface area (Å²) >= 11 is 1.44. The summed E-state index contributed by atoms with van der Waals surface area (Å²) in [4.78, 5) is 16.8. The molecule has 1 amide bonds. The highest BCUT2D eigenvalue weighted by Crippen LogP contribution is 2.27. The Balaban J connectivity index is 1.64. The second-order valence-corrected chi connectivity index (χ2v) is 7.18. The fraction of sp³-hybridized carbons (Fsp3) is 0.238. The van der Waals surface area contributed by atoms with Gasteiger partial charge in [0, 0.05) is 10.9 Å². The number of aromatic nitrogens is 1. The van der Waals surface area contributed by atoms with Crippen LogP contribution in [0.3, 0.4) is 0 Å². The highest BCUT2D eigenvalue weighted by atomic mass is 32.1. The van der Waals surface area contributed by atoms with E-state index in [-0.39, 0.29) is 23.8 Å². The minimum Gasteiger partial charge on any atom is -0.482 e. The summed E-state index contributed by atoms with van der Waals surface area (Å²) in [6.07, 6.45) is -3.49. The van der Waals surface area contributed by atoms with E-state index in [0.29, 0.717) is 5.69 Å². The molecule has 1 heterocycles. The summed E-state index contributed by atoms with van der Waals surface area (Å²) in [6.45, 7) is 0.660. The molecule has 29 heavy (non-hydrogen) atoms. The van der Waals surface area contributed by atoms with Crippen LogP contribution in [0.4, 0.5) is 18.9 Å². The molecule has 0 spiro atoms. The third-order valence-electron chi connectivity index (χ3n) is 4.06. The monoisotopic (exact) mass is 420 g/mol. The molecule has 0 saturated carbocycles. The maximum Gasteiger partial charge on any atom is 0.422 e. The molecule has 0 radical (unpaired) electrons. The lowest BCUT2D eigenvalue weighted by Gasteiger charge is -2.13. The van der Waals surface area contributed by atoms with Crippen molar-refractivity contribution in [2.45, 2.75) is 25.9 Å². The summed E-state index contributed by atoms with van der Waals surface area (Å²) in [5, 5.41) is 5.20. The van der Waals surface area contributed by atoms with Crippen LogP contribution < -0.4 is 10.1 Å². The standard InChI is InChI=1S/C21H19F3N2O2S/c1-2-14-7-9-15(10-8-14)20-25-16(12-29-20)11-19(27)26-17-5-3-4-6-18(17)28-13-21(22,23)24/h3-10,12H,2,11,13H2,1H3,(H,26,27). The van der Waals surface area contributed by atoms with Crippen molar-refractivity contribution in [2.75, 3.05) is 11.9 Å². The van der Waals surface area contributed by atoms with Gasteiger partial charge in [0.1, 0.15) is 10.8 Å². The van der Waals surface area contributed by atoms with Crippen LogP contribution in [-0.4, -0.2) is 23.7 Å². The minimum absolute atomic E-state index is 0.0111. The summed E-state index contributed by atoms with van der Waals surface area (Å²) < 4.78 is 41.9. The number of rotatable bonds is 7. The molecular weight excluding hydrogens is 401 g/mol. The van der Waals surface area contributed by atoms with E-state index in [2.05, 4.69) is 17.2 Å². The molecule has 0 unspecified atom stereocenters. The van der Waals surface area contributed by atoms with E-state index in [0.717, 1.165) is 17.0 Å². The van der Waals surface area contributed by atoms with Crippen molar-refractivity contribution in [2.24, 2.45) is 0 Å². The Morgan fingerprint density at radius 2 is 1.86 bits per heavy atom. The quantitative estimate of drug-likeness (QED) is 0.550. The van der Waals surface area contributed by atoms with Gasteiger partial charge in [-0.25, -0.2) is 4.98 Å². The van der Waals surface area contributed by atoms with Crippen molar-refractivity contribution in [3.05, 3.63) is 65.2 Å². The van der Waals surface area contributed by atoms with Crippen molar-refractivity contribution < 1.29 is 22.7 Å². The van der Waals surface area contributed by atoms with Crippen LogP contribution in [0.1, 0.15) is 18.2 Å². The zero-order chi connectivity index (χ0) is 20.9. The second-order valence-electron chi connectivity index (χ2n) is 6.32. The van der Waals surface area contributed by atoms with Gasteiger partial charge in [0.2, 0.25) is 5.91 Å². The molecule has 0 bridgehead atoms. The largest absolute Gasteiger partial charge is 0.482 e. The van der Waals surface area contributed by atoms with E-state index in [1.165, 1.54) is 35.1 Å². The van der Waals surface area contributed by atoms with E-state index in [1.807, 2.05) is 24.3 Å². The molecule has 1 N–H and O–H groups in total. The van der Waals surface area contributed by atoms with Crippen molar-refractivity contribution in [3.8, 4) is 16.3 Å². The molecule has 0 aliphatic rings. The van der Waals surface area contributed by atoms with Crippen LogP contribution in [-0.2, 0) is 17.6 Å². The maximum atomic E-state index is 12.4. The van der Waals surface area contributed by atoms with Crippen molar-refractivity contribution in [1.82, 2.24) is 4.98 Å². The average molecular weight is 420 g/mol. The number of amides is 1. The first kappa shape index (κ1) is 20.9. The predicted octanol–water partition coefficient (Wildman–Crippen LogP) is 5.49. The number of alkyl halides is 3. The number of nitrogens with one attached hydrogen (secondary N) is 1. The smallest absolute Gasteiger partial charge is 0.422 e. The predicted molar refractivity (Wildman–Crippen MR) is 107 cm³/mol. The Labute approximate surface area is 170 Å². The van der Waals surface area contributed by atoms with Crippen LogP contribution in [0.5, 0.6) is 5.75 Å². The number of anilines is 1. The molecule has 3 aromatic rings. The lowest BCUT2D eigenvalue weighted by atomic mass is 10.1. The maximum absolute atomic E-state index is 12.4. The summed E-state index contributed by atoms with van der Waals surface area (Å²) in [6, 6.07) is 14.1. The van der Waals surface area contributed by atoms with Crippen molar-refractivity contribution >= 4 is 22.9 Å². The average Bonchev–Trinajstić information content (AvgIpc) is 3.15. The summed E-state index contributed by atoms with van der Waals surface area (Å²) in [5.74, 6) is -0.417. The van der Waals surface area contributed by atoms with Gasteiger partial charge < -0.3 is 10.1 Å². The van der Waals surface area contributed by atoms with Gasteiger partial charge in [-0.1, -0.05) is 43.3 Å². The van der Waals surface area contributed by atoms with Crippen LogP contribution in [0.15, 0.2) is 53.9 Å². The van der Waals surface area contributed by atoms with E-state index < -0.39 is 12.8 Å². The molecule has 0 aliphatic heterocycles. The lowest BCUT2D eigenvalue weighted by Crippen LogP contribution is -2.20. The van der Waals surface area contributed by atoms with Gasteiger partial charge in [-0.2, -0.15) is 13.2 Å². The number of para-hydroxylation sites is 2. The number of carbonyl (C=O) groups is 1. The normalized spacial score (nSPS) is 11.3. The van der Waals surface area contributed by atoms with Gasteiger partial charge in [0.25, 0.3) is 0 Å². The Morgan fingerprint density at radius 1 is 1.14 bits per heavy atom. The number of hydrogen-bond acceptors (Lipinski definition) is 4. The molecule has 0 aliphatic carbocycles. The summed E-state index contributed by atoms with van der Waals surface area (Å²) in [7, 11) is 0. The minimum atomic E-state index is -4.45. The third kappa shape index (κ3) is 6.05. The molecule has 3 rings (SSSR count). The molecule has 8 heteroatoms. The second kappa shape index (κ2) is 9.09. The molecule has 152 valence electrons. The van der Waals surface area contributed by atoms with Crippen molar-refractivity contribution in [1.29, 1.82) is 0 Å². The van der Waals surface area contributed by atoms with Gasteiger partial charge >= 0.3 is 6.18 Å². The number of thiazole rings is 1. The van der Waals surface area contributed by atoms with Crippen LogP contribution >= 0.6 is 11.3 Å². The Hall–Kier alpha value is -2.87. The number of benzene rings is 2. The number of hydrogen-bond donors (Lipinski definition) is 1. The Morgan fingerprint density at radius 3 is 2.55 bits per heavy atom. The molecule has 0 saturated heterocycles. The molecule has 0 atom stereocenters. The van der Waals surface area contributed by atoms with Gasteiger partial charge in [-0.15, -0.1) is 11.3 Å². The fourth-order valence-electron chi connectivity index (χ4n) is 2.62. The molecule has 0 fully saturated rings. The van der Waals surface area contributed by atoms with Crippen molar-refractivity contribution in [3.63, 3.8) is 0 Å². The summed E-state index contributed by atoms with van der Waals surface area (Å²) in [5.41, 5.74) is 2.99. The first-order valence-electron chi connectivity index (χ1n) is 8.96. The van der Waals surface area contributed by atoms with Crippen LogP contribution in [0.25, 0.3) is 10.6 Å². The van der Waals surface area contributed by atoms with Crippen LogP contribution in [0, 0.1) is 0 Å². The molecule has 2 aromatic carbocycles. The van der Waals surface area contributed by atoms with E-state index >= 15 is 0 Å². The SMILES string of the molecule is CCc1ccc(-c2nc(CC(=O)Nc3ccccc3OCC(F)(F)F)cs2)cc1. The zero-order valence-corrected chi connectivity index (χ0v) is 16.4. The van der Waals surface area contributed by atoms with E-state index in [9.17, 15) is 18.0 Å². The number of nitrogens with zero attached hydrogens (tertiary/aromatic N) is 1. The van der Waals surface area contributed by atoms with E-state index in [1.54, 1.807) is 11.4 Å². The highest BCUT2D eigenvalue weighted by Gasteiger charge is 2.28. The molecule has 1 aromatic heterocycles. The number of aryl methyl sites for hydroxylation is 1. The molecular formula is C21H19F3N2O2S. The van der Waals surface area contributed by atoms with E-state index in [4.69, 9.17) is 4.74 Å². The van der Waals surface area contributed by atoms with Gasteiger partial charge in [0.15, 0.2) is 6.61 Å². The Bertz CT molecular complexity index is 969. The number of ether oxygens (including phenoxy) is 1. The highest BCUT2D eigenvalue weighted by molar-refractivity contribution is 7.13. The first-order valence-corrected chi connectivity index (χ1v) is 9.84. The van der Waals surface area contributed by atoms with Gasteiger partial charge in [-0.3, -0.25) is 4.79 Å². The molecule has 4 nitrogen and oxygen atoms in total. The number of halogens is 3. The first-order chi connectivity index (χ1) is 13.8. The third-order valence-corrected chi connectivity index (χ3v) is 5.00. The topological polar surface area (TPSA) is 51.2 Å². The number of carbonyl (C=O) groups excluding carboxylic acids is 1. The van der Waals surface area contributed by atoms with Gasteiger partial charge in [-0.05, 0) is 24.1 Å².